The summed E-state index contributed by atoms with van der Waals surface area (Å²) < 4.78 is 12.5. The molecule has 0 spiro atoms. The summed E-state index contributed by atoms with van der Waals surface area (Å²) in [6.45, 7) is 1.78. The lowest BCUT2D eigenvalue weighted by atomic mass is 10.1. The van der Waals surface area contributed by atoms with Gasteiger partial charge in [0.1, 0.15) is 0 Å². The maximum Gasteiger partial charge on any atom is 0.217 e. The number of alkyl halides is 2. The van der Waals surface area contributed by atoms with Crippen LogP contribution in [0.3, 0.4) is 0 Å². The van der Waals surface area contributed by atoms with Crippen LogP contribution in [0.2, 0.25) is 0 Å². The Balaban J connectivity index is 3.03. The fourth-order valence-electron chi connectivity index (χ4n) is 0.967. The number of ketones is 1. The normalized spacial score (nSPS) is 12.6. The molecule has 0 radical (unpaired) electrons. The van der Waals surface area contributed by atoms with Crippen molar-refractivity contribution in [3.63, 3.8) is 0 Å². The number of halogens is 2. The van der Waals surface area contributed by atoms with E-state index < -0.39 is 10.9 Å². The maximum absolute atomic E-state index is 12.5. The van der Waals surface area contributed by atoms with Crippen molar-refractivity contribution in [1.29, 1.82) is 0 Å². The third-order valence-corrected chi connectivity index (χ3v) is 2.02. The van der Waals surface area contributed by atoms with Crippen molar-refractivity contribution < 1.29 is 9.18 Å². The molecule has 0 aromatic heterocycles. The maximum atomic E-state index is 12.5. The molecule has 0 heterocycles. The van der Waals surface area contributed by atoms with Crippen molar-refractivity contribution in [1.82, 2.24) is 0 Å². The first-order valence-electron chi connectivity index (χ1n) is 3.51. The van der Waals surface area contributed by atoms with Gasteiger partial charge in [0, 0.05) is 5.56 Å². The molecule has 0 saturated carbocycles. The Bertz CT molecular complexity index is 296. The van der Waals surface area contributed by atoms with Crippen molar-refractivity contribution in [2.24, 2.45) is 0 Å². The summed E-state index contributed by atoms with van der Waals surface area (Å²) in [6, 6.07) is 6.93. The van der Waals surface area contributed by atoms with Crippen LogP contribution in [0.25, 0.3) is 0 Å². The predicted molar refractivity (Wildman–Crippen MR) is 49.3 cm³/mol. The van der Waals surface area contributed by atoms with Gasteiger partial charge in [-0.05, 0) is 28.4 Å². The quantitative estimate of drug-likeness (QED) is 0.565. The highest BCUT2D eigenvalue weighted by atomic mass is 79.9. The number of aryl methyl sites for hydroxylation is 1. The highest BCUT2D eigenvalue weighted by Gasteiger charge is 2.16. The first-order chi connectivity index (χ1) is 5.63. The molecular formula is C9H8BrFO. The molecule has 0 aliphatic heterocycles. The molecule has 1 rings (SSSR count). The molecule has 1 unspecified atom stereocenters. The smallest absolute Gasteiger partial charge is 0.217 e. The van der Waals surface area contributed by atoms with E-state index in [-0.39, 0.29) is 0 Å². The second-order valence-corrected chi connectivity index (χ2v) is 3.28. The van der Waals surface area contributed by atoms with Gasteiger partial charge in [0.05, 0.1) is 0 Å². The van der Waals surface area contributed by atoms with Crippen molar-refractivity contribution >= 4 is 21.7 Å². The Labute approximate surface area is 78.7 Å². The van der Waals surface area contributed by atoms with Crippen LogP contribution in [0.5, 0.6) is 0 Å². The van der Waals surface area contributed by atoms with Crippen LogP contribution in [0.1, 0.15) is 15.9 Å². The molecule has 0 fully saturated rings. The van der Waals surface area contributed by atoms with Gasteiger partial charge in [-0.2, -0.15) is 0 Å². The Kier molecular flexibility index (Phi) is 2.98. The molecule has 12 heavy (non-hydrogen) atoms. The van der Waals surface area contributed by atoms with Gasteiger partial charge in [-0.1, -0.05) is 24.3 Å². The van der Waals surface area contributed by atoms with Gasteiger partial charge in [-0.3, -0.25) is 4.79 Å². The fourth-order valence-corrected chi connectivity index (χ4v) is 1.21. The molecule has 1 atom stereocenters. The summed E-state index contributed by atoms with van der Waals surface area (Å²) in [4.78, 5) is 11.1. The summed E-state index contributed by atoms with van der Waals surface area (Å²) in [5, 5.41) is -1.60. The van der Waals surface area contributed by atoms with Crippen molar-refractivity contribution in [3.05, 3.63) is 35.4 Å². The minimum atomic E-state index is -1.60. The highest BCUT2D eigenvalue weighted by Crippen LogP contribution is 2.14. The lowest BCUT2D eigenvalue weighted by Gasteiger charge is -2.02. The zero-order valence-corrected chi connectivity index (χ0v) is 8.14. The monoisotopic (exact) mass is 230 g/mol. The topological polar surface area (TPSA) is 17.1 Å². The molecule has 0 aliphatic carbocycles. The molecule has 64 valence electrons. The van der Waals surface area contributed by atoms with Crippen molar-refractivity contribution in [3.8, 4) is 0 Å². The summed E-state index contributed by atoms with van der Waals surface area (Å²) in [7, 11) is 0. The number of Topliss-reactive ketones (excluding diaryl/α,β-unsaturated/α-hetero) is 1. The van der Waals surface area contributed by atoms with E-state index in [4.69, 9.17) is 0 Å². The Hall–Kier alpha value is -0.700. The van der Waals surface area contributed by atoms with Gasteiger partial charge >= 0.3 is 0 Å². The zero-order chi connectivity index (χ0) is 9.14. The number of carbonyl (C=O) groups excluding carboxylic acids is 1. The van der Waals surface area contributed by atoms with Crippen molar-refractivity contribution in [2.45, 2.75) is 12.0 Å². The van der Waals surface area contributed by atoms with Crippen LogP contribution in [-0.2, 0) is 0 Å². The number of carbonyl (C=O) groups is 1. The van der Waals surface area contributed by atoms with Crippen LogP contribution in [0.4, 0.5) is 4.39 Å². The van der Waals surface area contributed by atoms with Gasteiger partial charge in [0.15, 0.2) is 0 Å². The molecule has 1 aromatic rings. The average molecular weight is 231 g/mol. The molecule has 0 N–H and O–H groups in total. The largest absolute Gasteiger partial charge is 0.290 e. The van der Waals surface area contributed by atoms with Crippen LogP contribution in [0, 0.1) is 6.92 Å². The van der Waals surface area contributed by atoms with E-state index in [0.29, 0.717) is 5.56 Å². The minimum absolute atomic E-state index is 0.432. The number of hydrogen-bond acceptors (Lipinski definition) is 1. The van der Waals surface area contributed by atoms with E-state index in [2.05, 4.69) is 15.9 Å². The number of benzene rings is 1. The molecular weight excluding hydrogens is 223 g/mol. The minimum Gasteiger partial charge on any atom is -0.290 e. The first-order valence-corrected chi connectivity index (χ1v) is 4.42. The standard InChI is InChI=1S/C9H8BrFO/c1-6-4-2-3-5-7(6)8(12)9(10)11/h2-5,9H,1H3. The summed E-state index contributed by atoms with van der Waals surface area (Å²) >= 11 is 2.59. The van der Waals surface area contributed by atoms with Crippen LogP contribution < -0.4 is 0 Å². The molecule has 0 amide bonds. The summed E-state index contributed by atoms with van der Waals surface area (Å²) in [5.41, 5.74) is 1.23. The lowest BCUT2D eigenvalue weighted by Crippen LogP contribution is -2.09. The van der Waals surface area contributed by atoms with Crippen molar-refractivity contribution in [2.75, 3.05) is 0 Å². The first kappa shape index (κ1) is 9.39. The SMILES string of the molecule is Cc1ccccc1C(=O)C(F)Br. The third kappa shape index (κ3) is 1.91. The van der Waals surface area contributed by atoms with Gasteiger partial charge in [-0.25, -0.2) is 4.39 Å². The predicted octanol–water partition coefficient (Wildman–Crippen LogP) is 2.87. The molecule has 3 heteroatoms. The van der Waals surface area contributed by atoms with E-state index in [0.717, 1.165) is 5.56 Å². The Morgan fingerprint density at radius 3 is 2.58 bits per heavy atom. The average Bonchev–Trinajstić information content (AvgIpc) is 2.04. The van der Waals surface area contributed by atoms with E-state index >= 15 is 0 Å². The number of hydrogen-bond donors (Lipinski definition) is 0. The van der Waals surface area contributed by atoms with Gasteiger partial charge in [0.25, 0.3) is 0 Å². The Morgan fingerprint density at radius 2 is 2.08 bits per heavy atom. The van der Waals surface area contributed by atoms with Crippen LogP contribution >= 0.6 is 15.9 Å². The van der Waals surface area contributed by atoms with E-state index in [1.165, 1.54) is 0 Å². The fraction of sp³-hybridized carbons (Fsp3) is 0.222. The highest BCUT2D eigenvalue weighted by molar-refractivity contribution is 9.09. The van der Waals surface area contributed by atoms with Gasteiger partial charge < -0.3 is 0 Å². The second-order valence-electron chi connectivity index (χ2n) is 2.48. The van der Waals surface area contributed by atoms with E-state index in [1.54, 1.807) is 25.1 Å². The lowest BCUT2D eigenvalue weighted by molar-refractivity contribution is 0.0942. The molecule has 0 bridgehead atoms. The van der Waals surface area contributed by atoms with E-state index in [1.807, 2.05) is 6.07 Å². The van der Waals surface area contributed by atoms with Gasteiger partial charge in [-0.15, -0.1) is 0 Å². The van der Waals surface area contributed by atoms with Crippen LogP contribution in [-0.4, -0.2) is 10.9 Å². The molecule has 1 nitrogen and oxygen atoms in total. The molecule has 0 aliphatic rings. The summed E-state index contributed by atoms with van der Waals surface area (Å²) in [6.07, 6.45) is 0. The van der Waals surface area contributed by atoms with E-state index in [9.17, 15) is 9.18 Å². The molecule has 0 saturated heterocycles. The third-order valence-electron chi connectivity index (χ3n) is 1.61. The summed E-state index contributed by atoms with van der Waals surface area (Å²) in [5.74, 6) is -0.520. The Morgan fingerprint density at radius 1 is 1.50 bits per heavy atom. The molecule has 1 aromatic carbocycles. The van der Waals surface area contributed by atoms with Crippen LogP contribution in [0.15, 0.2) is 24.3 Å². The van der Waals surface area contributed by atoms with Gasteiger partial charge in [0.2, 0.25) is 10.9 Å². The number of rotatable bonds is 2. The zero-order valence-electron chi connectivity index (χ0n) is 6.55. The second kappa shape index (κ2) is 3.81.